The molecule has 40 heavy (non-hydrogen) atoms. The summed E-state index contributed by atoms with van der Waals surface area (Å²) < 4.78 is 13.6. The van der Waals surface area contributed by atoms with Gasteiger partial charge in [-0.05, 0) is 46.0 Å². The lowest BCUT2D eigenvalue weighted by Crippen LogP contribution is -2.15. The van der Waals surface area contributed by atoms with E-state index >= 15 is 0 Å². The molecule has 0 spiro atoms. The summed E-state index contributed by atoms with van der Waals surface area (Å²) in [5, 5.41) is 19.7. The number of methoxy groups -OCH3 is 1. The van der Waals surface area contributed by atoms with Crippen molar-refractivity contribution in [1.29, 1.82) is 0 Å². The zero-order valence-electron chi connectivity index (χ0n) is 21.4. The largest absolute Gasteiger partial charge is 0.507 e. The van der Waals surface area contributed by atoms with E-state index in [1.165, 1.54) is 0 Å². The Morgan fingerprint density at radius 2 is 1.60 bits per heavy atom. The van der Waals surface area contributed by atoms with Crippen LogP contribution < -0.4 is 9.47 Å². The molecule has 7 heteroatoms. The normalized spacial score (nSPS) is 14.2. The molecule has 192 valence electrons. The van der Waals surface area contributed by atoms with Gasteiger partial charge in [0, 0.05) is 16.9 Å². The summed E-state index contributed by atoms with van der Waals surface area (Å²) in [4.78, 5) is 9.65. The summed E-state index contributed by atoms with van der Waals surface area (Å²) in [7, 11) is 1.66. The fraction of sp³-hybridized carbons (Fsp3) is 0.0606. The Morgan fingerprint density at radius 1 is 0.850 bits per heavy atom. The van der Waals surface area contributed by atoms with E-state index in [1.807, 2.05) is 54.6 Å². The van der Waals surface area contributed by atoms with Crippen molar-refractivity contribution >= 4 is 27.2 Å². The van der Waals surface area contributed by atoms with Crippen LogP contribution in [-0.4, -0.2) is 31.8 Å². The number of hydrogen-bond acceptors (Lipinski definition) is 6. The molecule has 0 bridgehead atoms. The maximum atomic E-state index is 10.9. The molecule has 5 aromatic carbocycles. The van der Waals surface area contributed by atoms with Crippen LogP contribution in [0, 0.1) is 0 Å². The summed E-state index contributed by atoms with van der Waals surface area (Å²) >= 11 is 0. The van der Waals surface area contributed by atoms with Gasteiger partial charge in [-0.1, -0.05) is 72.8 Å². The minimum atomic E-state index is -0.215. The first-order valence-electron chi connectivity index (χ1n) is 13.0. The Hall–Kier alpha value is -5.43. The van der Waals surface area contributed by atoms with E-state index in [9.17, 15) is 5.11 Å². The number of phenolic OH excluding ortho intramolecular Hbond substituents is 1. The fourth-order valence-corrected chi connectivity index (χ4v) is 5.71. The van der Waals surface area contributed by atoms with Gasteiger partial charge in [-0.3, -0.25) is 0 Å². The minimum Gasteiger partial charge on any atom is -0.507 e. The molecule has 3 heterocycles. The van der Waals surface area contributed by atoms with Gasteiger partial charge in [-0.15, -0.1) is 5.10 Å². The highest BCUT2D eigenvalue weighted by atomic mass is 16.5. The van der Waals surface area contributed by atoms with E-state index in [-0.39, 0.29) is 11.7 Å². The van der Waals surface area contributed by atoms with Crippen LogP contribution >= 0.6 is 0 Å². The third-order valence-electron chi connectivity index (χ3n) is 7.65. The summed E-state index contributed by atoms with van der Waals surface area (Å²) in [6.45, 7) is 0. The molecule has 0 saturated heterocycles. The lowest BCUT2D eigenvalue weighted by Gasteiger charge is -2.28. The van der Waals surface area contributed by atoms with Gasteiger partial charge in [-0.2, -0.15) is 0 Å². The topological polar surface area (TPSA) is 81.8 Å². The van der Waals surface area contributed by atoms with Gasteiger partial charge in [0.2, 0.25) is 5.88 Å². The Kier molecular flexibility index (Phi) is 4.81. The maximum absolute atomic E-state index is 10.9. The molecule has 0 radical (unpaired) electrons. The van der Waals surface area contributed by atoms with Gasteiger partial charge in [0.05, 0.1) is 18.2 Å². The molecule has 0 amide bonds. The van der Waals surface area contributed by atoms with Gasteiger partial charge in [-0.25, -0.2) is 14.5 Å². The molecule has 1 N–H and O–H groups in total. The first kappa shape index (κ1) is 22.5. The van der Waals surface area contributed by atoms with Crippen LogP contribution in [0.2, 0.25) is 0 Å². The van der Waals surface area contributed by atoms with Gasteiger partial charge >= 0.3 is 0 Å². The molecule has 7 aromatic rings. The highest BCUT2D eigenvalue weighted by Crippen LogP contribution is 2.50. The van der Waals surface area contributed by atoms with Crippen molar-refractivity contribution in [2.24, 2.45) is 0 Å². The van der Waals surface area contributed by atoms with E-state index < -0.39 is 0 Å². The lowest BCUT2D eigenvalue weighted by atomic mass is 9.83. The third-order valence-corrected chi connectivity index (χ3v) is 7.65. The van der Waals surface area contributed by atoms with Crippen LogP contribution in [0.25, 0.3) is 38.6 Å². The minimum absolute atomic E-state index is 0.121. The predicted molar refractivity (Wildman–Crippen MR) is 153 cm³/mol. The van der Waals surface area contributed by atoms with Crippen molar-refractivity contribution < 1.29 is 14.6 Å². The molecule has 8 rings (SSSR count). The van der Waals surface area contributed by atoms with Crippen molar-refractivity contribution in [3.05, 3.63) is 120 Å². The second-order valence-corrected chi connectivity index (χ2v) is 9.90. The average Bonchev–Trinajstić information content (AvgIpc) is 3.44. The first-order chi connectivity index (χ1) is 19.7. The molecule has 1 aliphatic rings. The number of nitrogens with zero attached hydrogens (tertiary/aromatic N) is 4. The van der Waals surface area contributed by atoms with E-state index in [0.717, 1.165) is 49.7 Å². The summed E-state index contributed by atoms with van der Waals surface area (Å²) in [6.07, 6.45) is 1.62. The zero-order chi connectivity index (χ0) is 26.8. The van der Waals surface area contributed by atoms with Gasteiger partial charge < -0.3 is 14.6 Å². The van der Waals surface area contributed by atoms with Crippen molar-refractivity contribution in [3.8, 4) is 34.5 Å². The lowest BCUT2D eigenvalue weighted by molar-refractivity contribution is 0.414. The predicted octanol–water partition coefficient (Wildman–Crippen LogP) is 7.10. The first-order valence-corrected chi connectivity index (χ1v) is 13.0. The number of rotatable bonds is 3. The van der Waals surface area contributed by atoms with Crippen LogP contribution in [0.4, 0.5) is 0 Å². The molecule has 2 aromatic heterocycles. The quantitative estimate of drug-likeness (QED) is 0.267. The number of aromatic hydroxyl groups is 1. The van der Waals surface area contributed by atoms with Crippen LogP contribution in [-0.2, 0) is 0 Å². The second kappa shape index (κ2) is 8.54. The number of fused-ring (bicyclic) bond motifs is 7. The Balaban J connectivity index is 1.38. The zero-order valence-corrected chi connectivity index (χ0v) is 21.4. The molecule has 0 fully saturated rings. The molecule has 0 saturated carbocycles. The van der Waals surface area contributed by atoms with Crippen LogP contribution in [0.5, 0.6) is 23.1 Å². The van der Waals surface area contributed by atoms with Crippen LogP contribution in [0.1, 0.15) is 22.6 Å². The molecule has 1 atom stereocenters. The highest BCUT2D eigenvalue weighted by molar-refractivity contribution is 5.92. The van der Waals surface area contributed by atoms with Gasteiger partial charge in [0.15, 0.2) is 11.5 Å². The number of hydrogen-bond donors (Lipinski definition) is 1. The maximum Gasteiger partial charge on any atom is 0.228 e. The third kappa shape index (κ3) is 3.34. The number of ether oxygens (including phenoxy) is 2. The molecule has 1 unspecified atom stereocenters. The van der Waals surface area contributed by atoms with Crippen molar-refractivity contribution in [1.82, 2.24) is 19.6 Å². The van der Waals surface area contributed by atoms with Gasteiger partial charge in [0.1, 0.15) is 23.6 Å². The summed E-state index contributed by atoms with van der Waals surface area (Å²) in [6, 6.07) is 32.0. The van der Waals surface area contributed by atoms with E-state index in [4.69, 9.17) is 24.5 Å². The highest BCUT2D eigenvalue weighted by Gasteiger charge is 2.34. The summed E-state index contributed by atoms with van der Waals surface area (Å²) in [5.41, 5.74) is 4.06. The van der Waals surface area contributed by atoms with Gasteiger partial charge in [0.25, 0.3) is 0 Å². The molecule has 7 nitrogen and oxygen atoms in total. The number of aromatic nitrogens is 4. The van der Waals surface area contributed by atoms with E-state index in [0.29, 0.717) is 22.9 Å². The Labute approximate surface area is 228 Å². The molecular formula is C33H22N4O3. The molecule has 1 aliphatic heterocycles. The van der Waals surface area contributed by atoms with Crippen molar-refractivity contribution in [3.63, 3.8) is 0 Å². The van der Waals surface area contributed by atoms with E-state index in [1.54, 1.807) is 24.0 Å². The molecule has 0 aliphatic carbocycles. The van der Waals surface area contributed by atoms with E-state index in [2.05, 4.69) is 36.4 Å². The smallest absolute Gasteiger partial charge is 0.228 e. The Morgan fingerprint density at radius 3 is 2.40 bits per heavy atom. The average molecular weight is 523 g/mol. The summed E-state index contributed by atoms with van der Waals surface area (Å²) in [5.74, 6) is 2.37. The number of benzene rings is 5. The standard InChI is InChI=1S/C33H22N4O3/c1-39-23-13-10-20(11-14-23)28-25-15-12-19-6-4-5-9-24(19)30(25)40-33-29(28)32-35-31(36-37(32)18-34-33)26-16-21-7-2-3-8-22(21)17-27(26)38/h2-18,28,38H,1H3. The van der Waals surface area contributed by atoms with Crippen LogP contribution in [0.3, 0.4) is 0 Å². The monoisotopic (exact) mass is 522 g/mol. The fourth-order valence-electron chi connectivity index (χ4n) is 5.71. The molecular weight excluding hydrogens is 500 g/mol. The van der Waals surface area contributed by atoms with Crippen LogP contribution in [0.15, 0.2) is 103 Å². The SMILES string of the molecule is COc1ccc(C2c3ccc4ccccc4c3Oc3ncn4nc(-c5cc6ccccc6cc5O)nc4c32)cc1. The number of phenols is 1. The Bertz CT molecular complexity index is 2100. The van der Waals surface area contributed by atoms with Crippen molar-refractivity contribution in [2.75, 3.05) is 7.11 Å². The van der Waals surface area contributed by atoms with Crippen molar-refractivity contribution in [2.45, 2.75) is 5.92 Å². The second-order valence-electron chi connectivity index (χ2n) is 9.90.